The molecule has 0 amide bonds. The second-order valence-electron chi connectivity index (χ2n) is 2.24. The third-order valence-corrected chi connectivity index (χ3v) is 2.10. The number of allylic oxidation sites excluding steroid dienone is 1. The van der Waals surface area contributed by atoms with Crippen molar-refractivity contribution in [1.29, 1.82) is 0 Å². The van der Waals surface area contributed by atoms with Crippen LogP contribution < -0.4 is 0 Å². The molecule has 2 heteroatoms. The van der Waals surface area contributed by atoms with Gasteiger partial charge in [0, 0.05) is 0 Å². The molecule has 11 heavy (non-hydrogen) atoms. The van der Waals surface area contributed by atoms with Gasteiger partial charge in [-0.3, -0.25) is 0 Å². The minimum Gasteiger partial charge on any atom is -0.103 e. The fraction of sp³-hybridized carbons (Fsp3) is 0.111. The van der Waals surface area contributed by atoms with Gasteiger partial charge in [0.05, 0.1) is 10.0 Å². The van der Waals surface area contributed by atoms with E-state index in [0.717, 1.165) is 12.0 Å². The van der Waals surface area contributed by atoms with Gasteiger partial charge in [0.1, 0.15) is 0 Å². The molecule has 0 radical (unpaired) electrons. The molecule has 58 valence electrons. The molecule has 0 bridgehead atoms. The van der Waals surface area contributed by atoms with E-state index in [1.807, 2.05) is 18.2 Å². The Hall–Kier alpha value is -0.460. The smallest absolute Gasteiger partial charge is 0.0595 e. The van der Waals surface area contributed by atoms with Gasteiger partial charge in [0.25, 0.3) is 0 Å². The van der Waals surface area contributed by atoms with Crippen LogP contribution in [-0.4, -0.2) is 0 Å². The molecule has 0 spiro atoms. The third kappa shape index (κ3) is 2.25. The van der Waals surface area contributed by atoms with Crippen molar-refractivity contribution in [3.8, 4) is 0 Å². The molecule has 0 atom stereocenters. The number of benzene rings is 1. The standard InChI is InChI=1S/C9H8Cl2/c1-2-3-7-4-5-8(10)9(11)6-7/h2,4-6H,1,3H2. The number of hydrogen-bond donors (Lipinski definition) is 0. The first-order chi connectivity index (χ1) is 5.24. The van der Waals surface area contributed by atoms with Crippen LogP contribution in [0.5, 0.6) is 0 Å². The van der Waals surface area contributed by atoms with Crippen molar-refractivity contribution in [3.63, 3.8) is 0 Å². The summed E-state index contributed by atoms with van der Waals surface area (Å²) in [5, 5.41) is 1.20. The molecule has 0 N–H and O–H groups in total. The Morgan fingerprint density at radius 3 is 2.55 bits per heavy atom. The monoisotopic (exact) mass is 186 g/mol. The summed E-state index contributed by atoms with van der Waals surface area (Å²) in [6.07, 6.45) is 2.66. The van der Waals surface area contributed by atoms with Crippen LogP contribution in [0.4, 0.5) is 0 Å². The molecule has 0 saturated heterocycles. The molecule has 1 aromatic carbocycles. The minimum atomic E-state index is 0.597. The van der Waals surface area contributed by atoms with E-state index in [4.69, 9.17) is 23.2 Å². The van der Waals surface area contributed by atoms with Gasteiger partial charge in [-0.25, -0.2) is 0 Å². The topological polar surface area (TPSA) is 0 Å². The summed E-state index contributed by atoms with van der Waals surface area (Å²) in [5.41, 5.74) is 1.13. The zero-order valence-corrected chi connectivity index (χ0v) is 7.49. The Balaban J connectivity index is 2.95. The summed E-state index contributed by atoms with van der Waals surface area (Å²) in [7, 11) is 0. The lowest BCUT2D eigenvalue weighted by Crippen LogP contribution is -1.79. The van der Waals surface area contributed by atoms with Crippen LogP contribution >= 0.6 is 23.2 Å². The molecule has 0 aliphatic rings. The van der Waals surface area contributed by atoms with Crippen molar-refractivity contribution in [3.05, 3.63) is 46.5 Å². The zero-order valence-electron chi connectivity index (χ0n) is 5.98. The summed E-state index contributed by atoms with van der Waals surface area (Å²) in [6, 6.07) is 5.59. The highest BCUT2D eigenvalue weighted by atomic mass is 35.5. The van der Waals surface area contributed by atoms with E-state index in [1.54, 1.807) is 6.07 Å². The summed E-state index contributed by atoms with van der Waals surface area (Å²) < 4.78 is 0. The van der Waals surface area contributed by atoms with Gasteiger partial charge in [-0.15, -0.1) is 6.58 Å². The molecular formula is C9H8Cl2. The first-order valence-electron chi connectivity index (χ1n) is 3.29. The molecule has 0 fully saturated rings. The fourth-order valence-electron chi connectivity index (χ4n) is 0.833. The summed E-state index contributed by atoms with van der Waals surface area (Å²) in [6.45, 7) is 3.63. The van der Waals surface area contributed by atoms with Crippen LogP contribution in [0.15, 0.2) is 30.9 Å². The van der Waals surface area contributed by atoms with Crippen LogP contribution in [0.3, 0.4) is 0 Å². The number of halogens is 2. The van der Waals surface area contributed by atoms with E-state index < -0.39 is 0 Å². The van der Waals surface area contributed by atoms with Crippen molar-refractivity contribution in [2.75, 3.05) is 0 Å². The van der Waals surface area contributed by atoms with Gasteiger partial charge >= 0.3 is 0 Å². The quantitative estimate of drug-likeness (QED) is 0.619. The SMILES string of the molecule is C=CCc1ccc(Cl)c(Cl)c1. The maximum absolute atomic E-state index is 5.78. The molecule has 0 nitrogen and oxygen atoms in total. The molecule has 0 aliphatic heterocycles. The Labute approximate surface area is 76.4 Å². The van der Waals surface area contributed by atoms with Crippen molar-refractivity contribution < 1.29 is 0 Å². The lowest BCUT2D eigenvalue weighted by molar-refractivity contribution is 1.28. The highest BCUT2D eigenvalue weighted by molar-refractivity contribution is 6.42. The first-order valence-corrected chi connectivity index (χ1v) is 4.04. The normalized spacial score (nSPS) is 9.64. The summed E-state index contributed by atoms with van der Waals surface area (Å²) >= 11 is 11.5. The van der Waals surface area contributed by atoms with Gasteiger partial charge in [-0.05, 0) is 24.1 Å². The molecule has 0 unspecified atom stereocenters. The zero-order chi connectivity index (χ0) is 8.27. The van der Waals surface area contributed by atoms with Gasteiger partial charge in [-0.1, -0.05) is 35.3 Å². The molecule has 0 aromatic heterocycles. The van der Waals surface area contributed by atoms with Crippen LogP contribution in [0.25, 0.3) is 0 Å². The lowest BCUT2D eigenvalue weighted by atomic mass is 10.1. The van der Waals surface area contributed by atoms with E-state index >= 15 is 0 Å². The predicted molar refractivity (Wildman–Crippen MR) is 50.4 cm³/mol. The molecule has 1 rings (SSSR count). The van der Waals surface area contributed by atoms with Crippen LogP contribution in [0, 0.1) is 0 Å². The van der Waals surface area contributed by atoms with Crippen LogP contribution in [0.1, 0.15) is 5.56 Å². The third-order valence-electron chi connectivity index (χ3n) is 1.36. The maximum Gasteiger partial charge on any atom is 0.0595 e. The summed E-state index contributed by atoms with van der Waals surface area (Å²) in [5.74, 6) is 0. The molecule has 0 aliphatic carbocycles. The summed E-state index contributed by atoms with van der Waals surface area (Å²) in [4.78, 5) is 0. The molecule has 0 heterocycles. The van der Waals surface area contributed by atoms with Crippen molar-refractivity contribution in [1.82, 2.24) is 0 Å². The highest BCUT2D eigenvalue weighted by Gasteiger charge is 1.96. The van der Waals surface area contributed by atoms with E-state index in [9.17, 15) is 0 Å². The number of rotatable bonds is 2. The molecule has 0 saturated carbocycles. The van der Waals surface area contributed by atoms with E-state index in [2.05, 4.69) is 6.58 Å². The lowest BCUT2D eigenvalue weighted by Gasteiger charge is -1.98. The highest BCUT2D eigenvalue weighted by Crippen LogP contribution is 2.22. The van der Waals surface area contributed by atoms with Gasteiger partial charge in [0.15, 0.2) is 0 Å². The fourth-order valence-corrected chi connectivity index (χ4v) is 1.15. The Morgan fingerprint density at radius 1 is 1.27 bits per heavy atom. The van der Waals surface area contributed by atoms with Gasteiger partial charge in [-0.2, -0.15) is 0 Å². The van der Waals surface area contributed by atoms with Crippen molar-refractivity contribution in [2.45, 2.75) is 6.42 Å². The maximum atomic E-state index is 5.78. The Kier molecular flexibility index (Phi) is 2.98. The molecular weight excluding hydrogens is 179 g/mol. The largest absolute Gasteiger partial charge is 0.103 e. The van der Waals surface area contributed by atoms with E-state index in [1.165, 1.54) is 0 Å². The van der Waals surface area contributed by atoms with Gasteiger partial charge in [0.2, 0.25) is 0 Å². The first kappa shape index (κ1) is 8.63. The Morgan fingerprint density at radius 2 is 2.00 bits per heavy atom. The average molecular weight is 187 g/mol. The van der Waals surface area contributed by atoms with E-state index in [-0.39, 0.29) is 0 Å². The minimum absolute atomic E-state index is 0.597. The van der Waals surface area contributed by atoms with Crippen LogP contribution in [-0.2, 0) is 6.42 Å². The number of hydrogen-bond acceptors (Lipinski definition) is 0. The van der Waals surface area contributed by atoms with Crippen molar-refractivity contribution in [2.24, 2.45) is 0 Å². The van der Waals surface area contributed by atoms with Gasteiger partial charge < -0.3 is 0 Å². The van der Waals surface area contributed by atoms with Crippen LogP contribution in [0.2, 0.25) is 10.0 Å². The van der Waals surface area contributed by atoms with Crippen molar-refractivity contribution >= 4 is 23.2 Å². The average Bonchev–Trinajstić information content (AvgIpc) is 1.98. The second kappa shape index (κ2) is 3.80. The Bertz CT molecular complexity index is 266. The second-order valence-corrected chi connectivity index (χ2v) is 3.06. The molecule has 1 aromatic rings. The predicted octanol–water partition coefficient (Wildman–Crippen LogP) is 3.72. The van der Waals surface area contributed by atoms with E-state index in [0.29, 0.717) is 10.0 Å².